The molecule has 2 aromatic carbocycles. The van der Waals surface area contributed by atoms with Gasteiger partial charge in [-0.05, 0) is 43.2 Å². The van der Waals surface area contributed by atoms with Gasteiger partial charge in [-0.15, -0.1) is 0 Å². The van der Waals surface area contributed by atoms with Gasteiger partial charge in [-0.3, -0.25) is 0 Å². The summed E-state index contributed by atoms with van der Waals surface area (Å²) in [7, 11) is 0.872. The van der Waals surface area contributed by atoms with Crippen LogP contribution in [0.25, 0.3) is 11.4 Å². The zero-order valence-electron chi connectivity index (χ0n) is 17.0. The number of nitrogens with zero attached hydrogens (tertiary/aromatic N) is 3. The minimum Gasteiger partial charge on any atom is -0.497 e. The maximum Gasteiger partial charge on any atom is 0.243 e. The molecule has 0 N–H and O–H groups in total. The molecule has 9 heteroatoms. The molecule has 3 aromatic rings. The monoisotopic (exact) mass is 417 g/mol. The summed E-state index contributed by atoms with van der Waals surface area (Å²) in [5, 5.41) is 3.96. The smallest absolute Gasteiger partial charge is 0.243 e. The Morgan fingerprint density at radius 1 is 1.07 bits per heavy atom. The van der Waals surface area contributed by atoms with E-state index in [-0.39, 0.29) is 17.3 Å². The van der Waals surface area contributed by atoms with Crippen LogP contribution in [0.15, 0.2) is 45.8 Å². The molecule has 3 rings (SSSR count). The van der Waals surface area contributed by atoms with Crippen LogP contribution in [0.2, 0.25) is 0 Å². The number of hydrogen-bond acceptors (Lipinski definition) is 7. The molecule has 1 heterocycles. The molecule has 0 spiro atoms. The van der Waals surface area contributed by atoms with E-state index in [1.165, 1.54) is 18.5 Å². The van der Waals surface area contributed by atoms with E-state index in [0.717, 1.165) is 5.56 Å². The van der Waals surface area contributed by atoms with E-state index in [4.69, 9.17) is 14.0 Å². The van der Waals surface area contributed by atoms with Crippen LogP contribution in [0.4, 0.5) is 0 Å². The molecule has 0 radical (unpaired) electrons. The normalized spacial score (nSPS) is 11.7. The van der Waals surface area contributed by atoms with Crippen molar-refractivity contribution in [2.24, 2.45) is 0 Å². The lowest BCUT2D eigenvalue weighted by Gasteiger charge is -2.17. The fraction of sp³-hybridized carbons (Fsp3) is 0.300. The molecule has 0 unspecified atom stereocenters. The van der Waals surface area contributed by atoms with Crippen molar-refractivity contribution in [3.8, 4) is 22.9 Å². The largest absolute Gasteiger partial charge is 0.497 e. The lowest BCUT2D eigenvalue weighted by Crippen LogP contribution is -2.27. The molecule has 29 heavy (non-hydrogen) atoms. The predicted octanol–water partition coefficient (Wildman–Crippen LogP) is 3.19. The van der Waals surface area contributed by atoms with Crippen molar-refractivity contribution in [3.05, 3.63) is 53.4 Å². The predicted molar refractivity (Wildman–Crippen MR) is 107 cm³/mol. The van der Waals surface area contributed by atoms with E-state index < -0.39 is 10.0 Å². The minimum absolute atomic E-state index is 0.0544. The van der Waals surface area contributed by atoms with E-state index >= 15 is 0 Å². The minimum atomic E-state index is -3.70. The Kier molecular flexibility index (Phi) is 5.90. The molecule has 0 aliphatic carbocycles. The zero-order valence-corrected chi connectivity index (χ0v) is 17.8. The van der Waals surface area contributed by atoms with Crippen LogP contribution < -0.4 is 9.47 Å². The topological polar surface area (TPSA) is 94.8 Å². The number of aryl methyl sites for hydroxylation is 2. The van der Waals surface area contributed by atoms with Crippen molar-refractivity contribution in [2.45, 2.75) is 25.3 Å². The van der Waals surface area contributed by atoms with Crippen LogP contribution in [0, 0.1) is 13.8 Å². The number of ether oxygens (including phenoxy) is 2. The lowest BCUT2D eigenvalue weighted by atomic mass is 10.2. The average Bonchev–Trinajstić information content (AvgIpc) is 3.17. The Bertz CT molecular complexity index is 1120. The average molecular weight is 417 g/mol. The summed E-state index contributed by atoms with van der Waals surface area (Å²) in [5.41, 5.74) is 2.16. The summed E-state index contributed by atoms with van der Waals surface area (Å²) in [6.45, 7) is 3.56. The molecule has 0 atom stereocenters. The number of benzene rings is 2. The van der Waals surface area contributed by atoms with E-state index in [1.54, 1.807) is 44.4 Å². The van der Waals surface area contributed by atoms with Gasteiger partial charge in [-0.25, -0.2) is 8.42 Å². The van der Waals surface area contributed by atoms with Crippen molar-refractivity contribution in [2.75, 3.05) is 21.3 Å². The highest BCUT2D eigenvalue weighted by Gasteiger charge is 2.25. The summed E-state index contributed by atoms with van der Waals surface area (Å²) in [6, 6.07) is 10.5. The Labute approximate surface area is 170 Å². The molecule has 0 aliphatic heterocycles. The first kappa shape index (κ1) is 20.8. The molecule has 8 nitrogen and oxygen atoms in total. The lowest BCUT2D eigenvalue weighted by molar-refractivity contribution is 0.336. The van der Waals surface area contributed by atoms with Crippen molar-refractivity contribution in [1.82, 2.24) is 14.4 Å². The first-order chi connectivity index (χ1) is 13.8. The number of sulfonamides is 1. The molecular formula is C20H23N3O5S. The van der Waals surface area contributed by atoms with Gasteiger partial charge in [-0.2, -0.15) is 9.29 Å². The van der Waals surface area contributed by atoms with Gasteiger partial charge in [0.25, 0.3) is 0 Å². The fourth-order valence-electron chi connectivity index (χ4n) is 2.84. The number of rotatable bonds is 7. The number of aromatic nitrogens is 2. The van der Waals surface area contributed by atoms with E-state index in [1.807, 2.05) is 13.0 Å². The summed E-state index contributed by atoms with van der Waals surface area (Å²) < 4.78 is 42.9. The van der Waals surface area contributed by atoms with Crippen molar-refractivity contribution < 1.29 is 22.4 Å². The highest BCUT2D eigenvalue weighted by molar-refractivity contribution is 7.89. The van der Waals surface area contributed by atoms with E-state index in [2.05, 4.69) is 10.1 Å². The van der Waals surface area contributed by atoms with Crippen LogP contribution in [0.1, 0.15) is 17.0 Å². The molecule has 0 bridgehead atoms. The van der Waals surface area contributed by atoms with Gasteiger partial charge in [-0.1, -0.05) is 17.3 Å². The maximum absolute atomic E-state index is 13.0. The summed E-state index contributed by atoms with van der Waals surface area (Å²) in [6.07, 6.45) is 0. The molecule has 154 valence electrons. The van der Waals surface area contributed by atoms with E-state index in [0.29, 0.717) is 28.5 Å². The van der Waals surface area contributed by atoms with Crippen molar-refractivity contribution in [1.29, 1.82) is 0 Å². The first-order valence-corrected chi connectivity index (χ1v) is 10.3. The van der Waals surface area contributed by atoms with Gasteiger partial charge < -0.3 is 14.0 Å². The fourth-order valence-corrected chi connectivity index (χ4v) is 4.27. The molecule has 0 fully saturated rings. The molecule has 0 saturated carbocycles. The van der Waals surface area contributed by atoms with Crippen LogP contribution >= 0.6 is 0 Å². The van der Waals surface area contributed by atoms with Gasteiger partial charge in [0.15, 0.2) is 0 Å². The molecule has 0 amide bonds. The van der Waals surface area contributed by atoms with E-state index in [9.17, 15) is 8.42 Å². The second kappa shape index (κ2) is 8.22. The van der Waals surface area contributed by atoms with Gasteiger partial charge >= 0.3 is 0 Å². The maximum atomic E-state index is 13.0. The second-order valence-corrected chi connectivity index (χ2v) is 8.62. The highest BCUT2D eigenvalue weighted by atomic mass is 32.2. The summed E-state index contributed by atoms with van der Waals surface area (Å²) in [4.78, 5) is 4.59. The van der Waals surface area contributed by atoms with Gasteiger partial charge in [0.1, 0.15) is 11.5 Å². The molecule has 1 aromatic heterocycles. The molecular weight excluding hydrogens is 394 g/mol. The zero-order chi connectivity index (χ0) is 21.2. The van der Waals surface area contributed by atoms with Crippen molar-refractivity contribution >= 4 is 10.0 Å². The van der Waals surface area contributed by atoms with Gasteiger partial charge in [0.2, 0.25) is 21.7 Å². The standard InChI is InChI=1S/C20H23N3O5S/c1-13-6-7-14(2)18(10-13)29(24,25)23(3)12-19-21-20(22-28-19)16-9-8-15(26-4)11-17(16)27-5/h6-11H,12H2,1-5H3. The highest BCUT2D eigenvalue weighted by Crippen LogP contribution is 2.31. The molecule has 0 aliphatic rings. The Balaban J connectivity index is 1.86. The number of hydrogen-bond donors (Lipinski definition) is 0. The third-order valence-corrected chi connectivity index (χ3v) is 6.45. The summed E-state index contributed by atoms with van der Waals surface area (Å²) in [5.74, 6) is 1.63. The third-order valence-electron chi connectivity index (χ3n) is 4.51. The number of methoxy groups -OCH3 is 2. The summed E-state index contributed by atoms with van der Waals surface area (Å²) >= 11 is 0. The van der Waals surface area contributed by atoms with Gasteiger partial charge in [0.05, 0.1) is 31.2 Å². The quantitative estimate of drug-likeness (QED) is 0.583. The second-order valence-electron chi connectivity index (χ2n) is 6.61. The van der Waals surface area contributed by atoms with Crippen LogP contribution in [0.3, 0.4) is 0 Å². The van der Waals surface area contributed by atoms with Gasteiger partial charge in [0, 0.05) is 13.1 Å². The first-order valence-electron chi connectivity index (χ1n) is 8.85. The molecule has 0 saturated heterocycles. The Morgan fingerprint density at radius 3 is 2.52 bits per heavy atom. The van der Waals surface area contributed by atoms with Crippen molar-refractivity contribution in [3.63, 3.8) is 0 Å². The SMILES string of the molecule is COc1ccc(-c2noc(CN(C)S(=O)(=O)c3cc(C)ccc3C)n2)c(OC)c1. The van der Waals surface area contributed by atoms with Crippen LogP contribution in [0.5, 0.6) is 11.5 Å². The van der Waals surface area contributed by atoms with Crippen LogP contribution in [-0.2, 0) is 16.6 Å². The third kappa shape index (κ3) is 4.25. The Morgan fingerprint density at radius 2 is 1.83 bits per heavy atom. The van der Waals surface area contributed by atoms with Crippen LogP contribution in [-0.4, -0.2) is 44.1 Å². The Hall–Kier alpha value is -2.91.